The van der Waals surface area contributed by atoms with Crippen molar-refractivity contribution in [1.29, 1.82) is 0 Å². The van der Waals surface area contributed by atoms with Crippen molar-refractivity contribution in [2.75, 3.05) is 13.1 Å². The maximum atomic E-state index is 12.5. The first-order valence-corrected chi connectivity index (χ1v) is 7.74. The van der Waals surface area contributed by atoms with Crippen molar-refractivity contribution >= 4 is 11.9 Å². The molecule has 1 unspecified atom stereocenters. The maximum Gasteiger partial charge on any atom is 0.335 e. The molecule has 114 valence electrons. The van der Waals surface area contributed by atoms with E-state index in [1.165, 1.54) is 31.4 Å². The highest BCUT2D eigenvalue weighted by Crippen LogP contribution is 2.23. The smallest absolute Gasteiger partial charge is 0.335 e. The molecule has 1 heterocycles. The van der Waals surface area contributed by atoms with E-state index in [1.807, 2.05) is 4.90 Å². The van der Waals surface area contributed by atoms with Gasteiger partial charge in [0.25, 0.3) is 5.91 Å². The quantitative estimate of drug-likeness (QED) is 0.924. The number of rotatable bonds is 4. The Morgan fingerprint density at radius 1 is 1.14 bits per heavy atom. The van der Waals surface area contributed by atoms with Gasteiger partial charge in [-0.2, -0.15) is 0 Å². The van der Waals surface area contributed by atoms with Gasteiger partial charge in [-0.1, -0.05) is 19.8 Å². The number of carbonyl (C=O) groups excluding carboxylic acids is 1. The van der Waals surface area contributed by atoms with Crippen LogP contribution in [0.5, 0.6) is 0 Å². The minimum Gasteiger partial charge on any atom is -0.478 e. The third-order valence-electron chi connectivity index (χ3n) is 4.21. The van der Waals surface area contributed by atoms with Crippen LogP contribution in [-0.4, -0.2) is 35.0 Å². The van der Waals surface area contributed by atoms with Crippen molar-refractivity contribution < 1.29 is 14.7 Å². The van der Waals surface area contributed by atoms with E-state index in [-0.39, 0.29) is 11.5 Å². The molecular weight excluding hydrogens is 266 g/mol. The molecule has 1 fully saturated rings. The summed E-state index contributed by atoms with van der Waals surface area (Å²) in [6.45, 7) is 3.82. The molecule has 1 aromatic carbocycles. The Morgan fingerprint density at radius 2 is 1.81 bits per heavy atom. The summed E-state index contributed by atoms with van der Waals surface area (Å²) in [7, 11) is 0. The molecule has 21 heavy (non-hydrogen) atoms. The van der Waals surface area contributed by atoms with Gasteiger partial charge < -0.3 is 10.0 Å². The highest BCUT2D eigenvalue weighted by Gasteiger charge is 2.21. The monoisotopic (exact) mass is 289 g/mol. The molecule has 0 bridgehead atoms. The summed E-state index contributed by atoms with van der Waals surface area (Å²) in [6.07, 6.45) is 5.79. The number of aromatic carboxylic acids is 1. The average Bonchev–Trinajstić information content (AvgIpc) is 2.73. The van der Waals surface area contributed by atoms with Crippen LogP contribution in [0.4, 0.5) is 0 Å². The molecule has 0 radical (unpaired) electrons. The molecule has 0 saturated carbocycles. The van der Waals surface area contributed by atoms with Gasteiger partial charge in [0.05, 0.1) is 5.56 Å². The molecule has 1 saturated heterocycles. The van der Waals surface area contributed by atoms with Crippen molar-refractivity contribution in [2.24, 2.45) is 5.92 Å². The first-order valence-electron chi connectivity index (χ1n) is 7.74. The minimum atomic E-state index is -0.967. The fourth-order valence-electron chi connectivity index (χ4n) is 3.00. The number of carbonyl (C=O) groups is 2. The fraction of sp³-hybridized carbons (Fsp3) is 0.529. The van der Waals surface area contributed by atoms with Crippen LogP contribution >= 0.6 is 0 Å². The largest absolute Gasteiger partial charge is 0.478 e. The molecular formula is C17H23NO3. The highest BCUT2D eigenvalue weighted by atomic mass is 16.4. The normalized spacial score (nSPS) is 19.1. The highest BCUT2D eigenvalue weighted by molar-refractivity contribution is 5.95. The van der Waals surface area contributed by atoms with Crippen molar-refractivity contribution in [3.8, 4) is 0 Å². The number of nitrogens with zero attached hydrogens (tertiary/aromatic N) is 1. The number of carboxylic acids is 1. The maximum absolute atomic E-state index is 12.5. The first-order chi connectivity index (χ1) is 10.1. The minimum absolute atomic E-state index is 0.0177. The molecule has 1 N–H and O–H groups in total. The fourth-order valence-corrected chi connectivity index (χ4v) is 3.00. The zero-order valence-electron chi connectivity index (χ0n) is 12.5. The van der Waals surface area contributed by atoms with E-state index < -0.39 is 5.97 Å². The Morgan fingerprint density at radius 3 is 2.43 bits per heavy atom. The van der Waals surface area contributed by atoms with Gasteiger partial charge in [0.2, 0.25) is 0 Å². The lowest BCUT2D eigenvalue weighted by Gasteiger charge is -2.20. The van der Waals surface area contributed by atoms with Crippen molar-refractivity contribution in [3.05, 3.63) is 35.4 Å². The van der Waals surface area contributed by atoms with Gasteiger partial charge in [-0.05, 0) is 49.4 Å². The van der Waals surface area contributed by atoms with E-state index in [0.29, 0.717) is 5.56 Å². The van der Waals surface area contributed by atoms with Crippen LogP contribution in [0.25, 0.3) is 0 Å². The van der Waals surface area contributed by atoms with Gasteiger partial charge in [0.1, 0.15) is 0 Å². The summed E-state index contributed by atoms with van der Waals surface area (Å²) in [5, 5.41) is 8.88. The Hall–Kier alpha value is -1.84. The summed E-state index contributed by atoms with van der Waals surface area (Å²) < 4.78 is 0. The Balaban J connectivity index is 2.00. The van der Waals surface area contributed by atoms with Gasteiger partial charge in [-0.25, -0.2) is 4.79 Å². The zero-order valence-corrected chi connectivity index (χ0v) is 12.5. The Bertz CT molecular complexity index is 495. The zero-order chi connectivity index (χ0) is 15.2. The molecule has 1 amide bonds. The van der Waals surface area contributed by atoms with Gasteiger partial charge in [-0.3, -0.25) is 4.79 Å². The van der Waals surface area contributed by atoms with E-state index in [4.69, 9.17) is 5.11 Å². The number of hydrogen-bond acceptors (Lipinski definition) is 2. The number of carboxylic acid groups (broad SMARTS) is 1. The summed E-state index contributed by atoms with van der Waals surface area (Å²) in [4.78, 5) is 25.2. The van der Waals surface area contributed by atoms with Gasteiger partial charge in [0.15, 0.2) is 0 Å². The van der Waals surface area contributed by atoms with E-state index in [9.17, 15) is 9.59 Å². The van der Waals surface area contributed by atoms with E-state index in [2.05, 4.69) is 6.92 Å². The Labute approximate surface area is 125 Å². The number of amides is 1. The van der Waals surface area contributed by atoms with Crippen LogP contribution in [0.2, 0.25) is 0 Å². The van der Waals surface area contributed by atoms with E-state index in [1.54, 1.807) is 12.1 Å². The van der Waals surface area contributed by atoms with Crippen molar-refractivity contribution in [2.45, 2.75) is 39.0 Å². The van der Waals surface area contributed by atoms with Crippen LogP contribution in [0.1, 0.15) is 59.7 Å². The Kier molecular flexibility index (Phi) is 5.37. The predicted molar refractivity (Wildman–Crippen MR) is 81.6 cm³/mol. The third kappa shape index (κ3) is 4.06. The average molecular weight is 289 g/mol. The van der Waals surface area contributed by atoms with Crippen molar-refractivity contribution in [3.63, 3.8) is 0 Å². The second kappa shape index (κ2) is 7.25. The lowest BCUT2D eigenvalue weighted by molar-refractivity contribution is 0.0694. The second-order valence-corrected chi connectivity index (χ2v) is 5.76. The third-order valence-corrected chi connectivity index (χ3v) is 4.21. The van der Waals surface area contributed by atoms with Gasteiger partial charge in [0, 0.05) is 18.7 Å². The SMILES string of the molecule is CCCC1CCCN(C(=O)c2ccc(C(=O)O)cc2)CC1. The topological polar surface area (TPSA) is 57.6 Å². The summed E-state index contributed by atoms with van der Waals surface area (Å²) in [6, 6.07) is 6.21. The van der Waals surface area contributed by atoms with Crippen LogP contribution in [0.15, 0.2) is 24.3 Å². The molecule has 1 aliphatic heterocycles. The molecule has 1 atom stereocenters. The molecule has 0 aliphatic carbocycles. The first kappa shape index (κ1) is 15.5. The lowest BCUT2D eigenvalue weighted by Crippen LogP contribution is -2.32. The van der Waals surface area contributed by atoms with Gasteiger partial charge >= 0.3 is 5.97 Å². The molecule has 4 nitrogen and oxygen atoms in total. The summed E-state index contributed by atoms with van der Waals surface area (Å²) in [5.74, 6) is -0.211. The molecule has 4 heteroatoms. The predicted octanol–water partition coefficient (Wildman–Crippen LogP) is 3.43. The molecule has 0 aromatic heterocycles. The molecule has 2 rings (SSSR count). The number of likely N-dealkylation sites (tertiary alicyclic amines) is 1. The van der Waals surface area contributed by atoms with E-state index in [0.717, 1.165) is 31.8 Å². The molecule has 1 aromatic rings. The molecule has 0 spiro atoms. The lowest BCUT2D eigenvalue weighted by atomic mass is 9.96. The summed E-state index contributed by atoms with van der Waals surface area (Å²) >= 11 is 0. The standard InChI is InChI=1S/C17H23NO3/c1-2-4-13-5-3-11-18(12-10-13)16(19)14-6-8-15(9-7-14)17(20)21/h6-9,13H,2-5,10-12H2,1H3,(H,20,21). The number of benzene rings is 1. The van der Waals surface area contributed by atoms with Crippen LogP contribution in [0, 0.1) is 5.92 Å². The van der Waals surface area contributed by atoms with Gasteiger partial charge in [-0.15, -0.1) is 0 Å². The number of hydrogen-bond donors (Lipinski definition) is 1. The van der Waals surface area contributed by atoms with Crippen molar-refractivity contribution in [1.82, 2.24) is 4.90 Å². The summed E-state index contributed by atoms with van der Waals surface area (Å²) in [5.41, 5.74) is 0.791. The van der Waals surface area contributed by atoms with E-state index >= 15 is 0 Å². The van der Waals surface area contributed by atoms with Crippen LogP contribution in [-0.2, 0) is 0 Å². The van der Waals surface area contributed by atoms with Crippen LogP contribution < -0.4 is 0 Å². The van der Waals surface area contributed by atoms with Crippen LogP contribution in [0.3, 0.4) is 0 Å². The molecule has 1 aliphatic rings. The second-order valence-electron chi connectivity index (χ2n) is 5.76.